The predicted octanol–water partition coefficient (Wildman–Crippen LogP) is 3.55. The Balaban J connectivity index is 1.66. The summed E-state index contributed by atoms with van der Waals surface area (Å²) in [6.07, 6.45) is 10.2. The number of nitrogen functional groups attached to an aromatic ring is 1. The van der Waals surface area contributed by atoms with E-state index in [1.807, 2.05) is 13.0 Å². The van der Waals surface area contributed by atoms with Crippen LogP contribution in [0.3, 0.4) is 0 Å². The maximum Gasteiger partial charge on any atom is 0.248 e. The van der Waals surface area contributed by atoms with Crippen LogP contribution in [0.25, 0.3) is 22.2 Å². The smallest absolute Gasteiger partial charge is 0.248 e. The van der Waals surface area contributed by atoms with Crippen LogP contribution in [0.15, 0.2) is 29.3 Å². The first-order valence-electron chi connectivity index (χ1n) is 12.5. The molecule has 188 valence electrons. The first kappa shape index (κ1) is 25.1. The third-order valence-corrected chi connectivity index (χ3v) is 6.78. The van der Waals surface area contributed by atoms with E-state index in [1.54, 1.807) is 18.5 Å². The van der Waals surface area contributed by atoms with Gasteiger partial charge in [-0.05, 0) is 56.5 Å². The molecule has 5 N–H and O–H groups in total. The molecular weight excluding hydrogens is 442 g/mol. The van der Waals surface area contributed by atoms with Crippen LogP contribution in [0.1, 0.15) is 57.9 Å². The Labute approximate surface area is 206 Å². The SMILES string of the molecule is CCCC[C@](C)(CO)Nc1nc(N)nc2cc(-c3cc(=O)[nH]cc3CN(C)CCC3CC3)cnc12. The zero-order chi connectivity index (χ0) is 25.0. The van der Waals surface area contributed by atoms with Crippen molar-refractivity contribution >= 4 is 22.8 Å². The van der Waals surface area contributed by atoms with E-state index in [4.69, 9.17) is 5.73 Å². The lowest BCUT2D eigenvalue weighted by Crippen LogP contribution is -2.39. The number of fused-ring (bicyclic) bond motifs is 1. The first-order chi connectivity index (χ1) is 16.8. The van der Waals surface area contributed by atoms with Crippen molar-refractivity contribution in [2.75, 3.05) is 31.2 Å². The van der Waals surface area contributed by atoms with Gasteiger partial charge in [-0.1, -0.05) is 32.6 Å². The number of nitrogens with one attached hydrogen (secondary N) is 2. The summed E-state index contributed by atoms with van der Waals surface area (Å²) in [5, 5.41) is 13.4. The summed E-state index contributed by atoms with van der Waals surface area (Å²) >= 11 is 0. The lowest BCUT2D eigenvalue weighted by atomic mass is 9.96. The third-order valence-electron chi connectivity index (χ3n) is 6.78. The van der Waals surface area contributed by atoms with Crippen LogP contribution in [0.2, 0.25) is 0 Å². The van der Waals surface area contributed by atoms with Gasteiger partial charge >= 0.3 is 0 Å². The Morgan fingerprint density at radius 1 is 1.31 bits per heavy atom. The summed E-state index contributed by atoms with van der Waals surface area (Å²) in [6, 6.07) is 3.51. The molecule has 9 nitrogen and oxygen atoms in total. The molecule has 35 heavy (non-hydrogen) atoms. The van der Waals surface area contributed by atoms with Crippen molar-refractivity contribution in [1.29, 1.82) is 0 Å². The van der Waals surface area contributed by atoms with Crippen molar-refractivity contribution in [2.24, 2.45) is 5.92 Å². The van der Waals surface area contributed by atoms with Crippen molar-refractivity contribution in [3.8, 4) is 11.1 Å². The molecule has 3 aromatic rings. The second-order valence-electron chi connectivity index (χ2n) is 10.2. The molecule has 0 aromatic carbocycles. The molecule has 1 saturated carbocycles. The number of hydrogen-bond donors (Lipinski definition) is 4. The average molecular weight is 480 g/mol. The van der Waals surface area contributed by atoms with Gasteiger partial charge in [-0.15, -0.1) is 0 Å². The van der Waals surface area contributed by atoms with Crippen LogP contribution in [0.4, 0.5) is 11.8 Å². The zero-order valence-electron chi connectivity index (χ0n) is 21.0. The molecule has 0 spiro atoms. The maximum atomic E-state index is 12.2. The van der Waals surface area contributed by atoms with E-state index < -0.39 is 5.54 Å². The van der Waals surface area contributed by atoms with Crippen molar-refractivity contribution < 1.29 is 5.11 Å². The van der Waals surface area contributed by atoms with Crippen LogP contribution in [0, 0.1) is 5.92 Å². The highest BCUT2D eigenvalue weighted by Crippen LogP contribution is 2.33. The van der Waals surface area contributed by atoms with Crippen molar-refractivity contribution in [3.05, 3.63) is 40.4 Å². The standard InChI is InChI=1S/C26H37N7O2/c1-4-5-9-26(2,16-34)32-24-23-21(30-25(27)31-24)11-18(13-29-23)20-12-22(35)28-14-19(20)15-33(3)10-8-17-6-7-17/h11-14,17,34H,4-10,15-16H2,1-3H3,(H,28,35)(H3,27,30,31,32)/t26-/m1/s1. The molecule has 0 aliphatic heterocycles. The molecule has 0 amide bonds. The molecule has 0 unspecified atom stereocenters. The second-order valence-corrected chi connectivity index (χ2v) is 10.2. The number of aromatic nitrogens is 4. The number of nitrogens with zero attached hydrogens (tertiary/aromatic N) is 4. The molecule has 0 bridgehead atoms. The summed E-state index contributed by atoms with van der Waals surface area (Å²) in [5.41, 5.74) is 9.15. The van der Waals surface area contributed by atoms with Crippen molar-refractivity contribution in [2.45, 2.75) is 64.5 Å². The number of aromatic amines is 1. The molecule has 1 fully saturated rings. The van der Waals surface area contributed by atoms with Crippen LogP contribution < -0.4 is 16.6 Å². The molecule has 3 aromatic heterocycles. The highest BCUT2D eigenvalue weighted by molar-refractivity contribution is 5.89. The van der Waals surface area contributed by atoms with Crippen LogP contribution >= 0.6 is 0 Å². The molecule has 1 aliphatic rings. The van der Waals surface area contributed by atoms with Gasteiger partial charge in [-0.3, -0.25) is 9.78 Å². The molecule has 9 heteroatoms. The summed E-state index contributed by atoms with van der Waals surface area (Å²) in [5.74, 6) is 1.50. The van der Waals surface area contributed by atoms with Gasteiger partial charge in [-0.2, -0.15) is 4.98 Å². The maximum absolute atomic E-state index is 12.2. The Bertz CT molecular complexity index is 1220. The van der Waals surface area contributed by atoms with Crippen molar-refractivity contribution in [1.82, 2.24) is 24.8 Å². The summed E-state index contributed by atoms with van der Waals surface area (Å²) in [6.45, 7) is 5.79. The quantitative estimate of drug-likeness (QED) is 0.310. The molecular formula is C26H37N7O2. The summed E-state index contributed by atoms with van der Waals surface area (Å²) in [7, 11) is 2.11. The van der Waals surface area contributed by atoms with Gasteiger partial charge in [0.15, 0.2) is 5.82 Å². The summed E-state index contributed by atoms with van der Waals surface area (Å²) in [4.78, 5) is 30.8. The Kier molecular flexibility index (Phi) is 7.66. The number of unbranched alkanes of at least 4 members (excludes halogenated alkanes) is 1. The highest BCUT2D eigenvalue weighted by Gasteiger charge is 2.25. The minimum atomic E-state index is -0.547. The van der Waals surface area contributed by atoms with E-state index in [0.29, 0.717) is 16.9 Å². The van der Waals surface area contributed by atoms with E-state index in [2.05, 4.69) is 44.1 Å². The second kappa shape index (κ2) is 10.7. The fourth-order valence-corrected chi connectivity index (χ4v) is 4.39. The zero-order valence-corrected chi connectivity index (χ0v) is 21.0. The fourth-order valence-electron chi connectivity index (χ4n) is 4.39. The van der Waals surface area contributed by atoms with Gasteiger partial charge in [0.1, 0.15) is 5.52 Å². The Morgan fingerprint density at radius 3 is 2.83 bits per heavy atom. The van der Waals surface area contributed by atoms with E-state index in [1.165, 1.54) is 19.3 Å². The Morgan fingerprint density at radius 2 is 2.11 bits per heavy atom. The molecule has 4 rings (SSSR count). The lowest BCUT2D eigenvalue weighted by molar-refractivity contribution is 0.212. The minimum Gasteiger partial charge on any atom is -0.394 e. The average Bonchev–Trinajstić information content (AvgIpc) is 3.67. The van der Waals surface area contributed by atoms with E-state index in [-0.39, 0.29) is 18.1 Å². The fraction of sp³-hybridized carbons (Fsp3) is 0.538. The normalized spacial score (nSPS) is 15.5. The number of nitrogens with two attached hydrogens (primary N) is 1. The van der Waals surface area contributed by atoms with Gasteiger partial charge in [-0.25, -0.2) is 4.98 Å². The molecule has 0 radical (unpaired) electrons. The molecule has 1 aliphatic carbocycles. The number of hydrogen-bond acceptors (Lipinski definition) is 8. The summed E-state index contributed by atoms with van der Waals surface area (Å²) < 4.78 is 0. The number of anilines is 2. The third kappa shape index (κ3) is 6.35. The number of aliphatic hydroxyl groups is 1. The van der Waals surface area contributed by atoms with Crippen LogP contribution in [0.5, 0.6) is 0 Å². The lowest BCUT2D eigenvalue weighted by Gasteiger charge is -2.29. The Hall–Kier alpha value is -3.04. The first-order valence-corrected chi connectivity index (χ1v) is 12.5. The molecule has 0 saturated heterocycles. The number of rotatable bonds is 12. The highest BCUT2D eigenvalue weighted by atomic mass is 16.3. The van der Waals surface area contributed by atoms with Gasteiger partial charge in [0.25, 0.3) is 0 Å². The van der Waals surface area contributed by atoms with E-state index in [9.17, 15) is 9.90 Å². The van der Waals surface area contributed by atoms with Gasteiger partial charge in [0.05, 0.1) is 17.7 Å². The number of pyridine rings is 2. The van der Waals surface area contributed by atoms with E-state index in [0.717, 1.165) is 55.0 Å². The van der Waals surface area contributed by atoms with E-state index >= 15 is 0 Å². The largest absolute Gasteiger partial charge is 0.394 e. The number of H-pyrrole nitrogens is 1. The van der Waals surface area contributed by atoms with Gasteiger partial charge in [0.2, 0.25) is 11.5 Å². The molecule has 1 atom stereocenters. The molecule has 3 heterocycles. The topological polar surface area (TPSA) is 133 Å². The van der Waals surface area contributed by atoms with Gasteiger partial charge in [0, 0.05) is 30.6 Å². The van der Waals surface area contributed by atoms with Crippen LogP contribution in [-0.2, 0) is 6.54 Å². The number of aliphatic hydroxyl groups excluding tert-OH is 1. The monoisotopic (exact) mass is 479 g/mol. The predicted molar refractivity (Wildman–Crippen MR) is 140 cm³/mol. The van der Waals surface area contributed by atoms with Crippen molar-refractivity contribution in [3.63, 3.8) is 0 Å². The minimum absolute atomic E-state index is 0.0408. The van der Waals surface area contributed by atoms with Gasteiger partial charge < -0.3 is 26.0 Å². The van der Waals surface area contributed by atoms with Crippen LogP contribution in [-0.4, -0.2) is 55.7 Å².